The number of aromatic nitrogens is 5. The Labute approximate surface area is 334 Å². The van der Waals surface area contributed by atoms with Crippen LogP contribution in [-0.2, 0) is 14.3 Å². The molecule has 0 unspecified atom stereocenters. The number of likely N-dealkylation sites (N-methyl/N-ethyl adjacent to an activating group) is 1. The van der Waals surface area contributed by atoms with E-state index in [2.05, 4.69) is 30.6 Å². The summed E-state index contributed by atoms with van der Waals surface area (Å²) >= 11 is 0. The number of pyridine rings is 1. The number of H-pyrrole nitrogens is 2. The first-order valence-corrected chi connectivity index (χ1v) is 18.8. The lowest BCUT2D eigenvalue weighted by Crippen LogP contribution is -2.43. The van der Waals surface area contributed by atoms with Crippen LogP contribution in [-0.4, -0.2) is 84.5 Å². The van der Waals surface area contributed by atoms with Gasteiger partial charge in [0.25, 0.3) is 5.91 Å². The van der Waals surface area contributed by atoms with Crippen LogP contribution in [0.15, 0.2) is 116 Å². The van der Waals surface area contributed by atoms with E-state index in [1.165, 1.54) is 14.2 Å². The van der Waals surface area contributed by atoms with Crippen LogP contribution in [0.25, 0.3) is 33.8 Å². The average molecular weight is 782 g/mol. The lowest BCUT2D eigenvalue weighted by atomic mass is 10.0. The van der Waals surface area contributed by atoms with Gasteiger partial charge in [0.2, 0.25) is 5.91 Å². The molecule has 296 valence electrons. The van der Waals surface area contributed by atoms with Crippen LogP contribution < -0.4 is 10.6 Å². The molecule has 0 saturated carbocycles. The maximum absolute atomic E-state index is 13.9. The minimum atomic E-state index is -1.18. The number of carbonyl (C=O) groups excluding carboxylic acids is 3. The summed E-state index contributed by atoms with van der Waals surface area (Å²) in [5.41, 5.74) is 6.13. The summed E-state index contributed by atoms with van der Waals surface area (Å²) in [6.45, 7) is 2.30. The van der Waals surface area contributed by atoms with E-state index in [1.807, 2.05) is 48.5 Å². The van der Waals surface area contributed by atoms with Crippen molar-refractivity contribution < 1.29 is 29.0 Å². The first kappa shape index (κ1) is 39.0. The van der Waals surface area contributed by atoms with E-state index < -0.39 is 36.2 Å². The Morgan fingerprint density at radius 3 is 2.09 bits per heavy atom. The second-order valence-electron chi connectivity index (χ2n) is 14.0. The van der Waals surface area contributed by atoms with Gasteiger partial charge in [0.1, 0.15) is 23.7 Å². The number of nitrogens with one attached hydrogen (secondary N) is 4. The van der Waals surface area contributed by atoms with Gasteiger partial charge in [-0.15, -0.1) is 0 Å². The number of carboxylic acid groups (broad SMARTS) is 1. The molecule has 15 heteroatoms. The van der Waals surface area contributed by atoms with Crippen molar-refractivity contribution in [3.05, 3.63) is 138 Å². The molecule has 3 aromatic carbocycles. The number of likely N-dealkylation sites (tertiary alicyclic amines) is 1. The number of aromatic amines is 2. The number of alkyl carbamates (subject to hydrolysis) is 1. The van der Waals surface area contributed by atoms with Gasteiger partial charge < -0.3 is 35.3 Å². The number of amides is 4. The summed E-state index contributed by atoms with van der Waals surface area (Å²) in [7, 11) is 2.66. The Bertz CT molecular complexity index is 2360. The summed E-state index contributed by atoms with van der Waals surface area (Å²) in [5.74, 6) is 0.482. The average Bonchev–Trinajstić information content (AvgIpc) is 4.06. The Morgan fingerprint density at radius 2 is 1.43 bits per heavy atom. The predicted molar refractivity (Wildman–Crippen MR) is 215 cm³/mol. The highest BCUT2D eigenvalue weighted by molar-refractivity contribution is 5.88. The molecule has 1 saturated heterocycles. The highest BCUT2D eigenvalue weighted by Gasteiger charge is 2.39. The first-order chi connectivity index (χ1) is 28.1. The fraction of sp³-hybridized carbons (Fsp3) is 0.233. The van der Waals surface area contributed by atoms with Gasteiger partial charge >= 0.3 is 12.2 Å². The minimum Gasteiger partial charge on any atom is -0.465 e. The number of ether oxygens (including phenoxy) is 1. The van der Waals surface area contributed by atoms with Crippen molar-refractivity contribution in [2.24, 2.45) is 0 Å². The Hall–Kier alpha value is -7.29. The SMILES string of the molecule is COC(=O)N[C@@H](C(=O)N[C@@H](C)c1ncc(-c2ccc(-c3ccc(-c4cnc([C@@H]5CCCN5C(=O)[C@@H](c5ccccc5)N(C)C(=O)O)[nH]4)cn3)cc2)[nH]1)c1ccccc1. The van der Waals surface area contributed by atoms with Gasteiger partial charge in [0, 0.05) is 30.9 Å². The van der Waals surface area contributed by atoms with Crippen LogP contribution in [0.1, 0.15) is 66.7 Å². The molecular formula is C43H43N9O6. The van der Waals surface area contributed by atoms with Crippen LogP contribution in [0.5, 0.6) is 0 Å². The number of benzene rings is 3. The Balaban J connectivity index is 0.996. The van der Waals surface area contributed by atoms with Gasteiger partial charge in [0.15, 0.2) is 0 Å². The molecule has 3 aromatic heterocycles. The van der Waals surface area contributed by atoms with E-state index >= 15 is 0 Å². The molecule has 0 radical (unpaired) electrons. The van der Waals surface area contributed by atoms with Gasteiger partial charge in [-0.3, -0.25) is 19.5 Å². The fourth-order valence-electron chi connectivity index (χ4n) is 7.14. The smallest absolute Gasteiger partial charge is 0.407 e. The Morgan fingerprint density at radius 1 is 0.793 bits per heavy atom. The summed E-state index contributed by atoms with van der Waals surface area (Å²) < 4.78 is 4.73. The van der Waals surface area contributed by atoms with Crippen molar-refractivity contribution in [3.8, 4) is 33.8 Å². The third-order valence-corrected chi connectivity index (χ3v) is 10.3. The molecular weight excluding hydrogens is 739 g/mol. The van der Waals surface area contributed by atoms with Crippen molar-refractivity contribution in [3.63, 3.8) is 0 Å². The van der Waals surface area contributed by atoms with Gasteiger partial charge in [-0.2, -0.15) is 0 Å². The van der Waals surface area contributed by atoms with Gasteiger partial charge in [0.05, 0.1) is 48.7 Å². The van der Waals surface area contributed by atoms with E-state index in [1.54, 1.807) is 78.9 Å². The fourth-order valence-corrected chi connectivity index (χ4v) is 7.14. The van der Waals surface area contributed by atoms with E-state index in [-0.39, 0.29) is 11.9 Å². The second-order valence-corrected chi connectivity index (χ2v) is 14.0. The van der Waals surface area contributed by atoms with Gasteiger partial charge in [-0.05, 0) is 48.6 Å². The van der Waals surface area contributed by atoms with Crippen molar-refractivity contribution in [2.75, 3.05) is 20.7 Å². The highest BCUT2D eigenvalue weighted by Crippen LogP contribution is 2.35. The highest BCUT2D eigenvalue weighted by atomic mass is 16.5. The predicted octanol–water partition coefficient (Wildman–Crippen LogP) is 6.82. The molecule has 15 nitrogen and oxygen atoms in total. The second kappa shape index (κ2) is 17.2. The maximum Gasteiger partial charge on any atom is 0.407 e. The molecule has 1 aliphatic heterocycles. The van der Waals surface area contributed by atoms with Gasteiger partial charge in [-0.1, -0.05) is 84.9 Å². The molecule has 0 aliphatic carbocycles. The van der Waals surface area contributed by atoms with E-state index in [4.69, 9.17) is 9.72 Å². The van der Waals surface area contributed by atoms with Crippen molar-refractivity contribution in [2.45, 2.75) is 43.9 Å². The molecule has 4 amide bonds. The van der Waals surface area contributed by atoms with Crippen molar-refractivity contribution in [1.29, 1.82) is 0 Å². The zero-order valence-corrected chi connectivity index (χ0v) is 32.1. The van der Waals surface area contributed by atoms with E-state index in [0.29, 0.717) is 35.7 Å². The zero-order chi connectivity index (χ0) is 40.8. The molecule has 5 N–H and O–H groups in total. The van der Waals surface area contributed by atoms with Crippen LogP contribution in [0, 0.1) is 0 Å². The summed E-state index contributed by atoms with van der Waals surface area (Å²) in [4.78, 5) is 74.4. The number of carbonyl (C=O) groups is 4. The molecule has 1 aliphatic rings. The largest absolute Gasteiger partial charge is 0.465 e. The van der Waals surface area contributed by atoms with E-state index in [9.17, 15) is 24.3 Å². The zero-order valence-electron chi connectivity index (χ0n) is 32.1. The van der Waals surface area contributed by atoms with Crippen LogP contribution >= 0.6 is 0 Å². The Kier molecular flexibility index (Phi) is 11.6. The topological polar surface area (TPSA) is 199 Å². The number of hydrogen-bond donors (Lipinski definition) is 5. The normalized spacial score (nSPS) is 15.2. The standard InChI is InChI=1S/C43H43N9O6/c1-26(47-40(53)36(50-42(55)58-3)29-11-6-4-7-12-29)38-45-24-33(48-38)28-18-16-27(17-19-28)32-21-20-31(23-44-32)34-25-46-39(49-34)35-15-10-22-52(35)41(54)37(51(2)43(56)57)30-13-8-5-9-14-30/h4-9,11-14,16-21,23-26,35-37H,10,15,22H2,1-3H3,(H,45,48)(H,46,49)(H,47,53)(H,50,55)(H,56,57)/t26-,35-,36+,37+/m0/s1. The maximum atomic E-state index is 13.9. The molecule has 1 fully saturated rings. The molecule has 0 spiro atoms. The number of rotatable bonds is 12. The molecule has 4 heterocycles. The van der Waals surface area contributed by atoms with Crippen LogP contribution in [0.2, 0.25) is 0 Å². The molecule has 7 rings (SSSR count). The molecule has 58 heavy (non-hydrogen) atoms. The summed E-state index contributed by atoms with van der Waals surface area (Å²) in [5, 5.41) is 15.3. The molecule has 4 atom stereocenters. The number of methoxy groups -OCH3 is 1. The van der Waals surface area contributed by atoms with Crippen LogP contribution in [0.4, 0.5) is 9.59 Å². The van der Waals surface area contributed by atoms with Gasteiger partial charge in [-0.25, -0.2) is 19.6 Å². The lowest BCUT2D eigenvalue weighted by molar-refractivity contribution is -0.137. The van der Waals surface area contributed by atoms with Crippen molar-refractivity contribution >= 4 is 24.0 Å². The summed E-state index contributed by atoms with van der Waals surface area (Å²) in [6.07, 6.45) is 4.77. The molecule has 6 aromatic rings. The lowest BCUT2D eigenvalue weighted by Gasteiger charge is -2.32. The number of imidazole rings is 2. The quantitative estimate of drug-likeness (QED) is 0.0885. The van der Waals surface area contributed by atoms with Crippen LogP contribution in [0.3, 0.4) is 0 Å². The molecule has 0 bridgehead atoms. The third kappa shape index (κ3) is 8.43. The van der Waals surface area contributed by atoms with E-state index in [0.717, 1.165) is 45.1 Å². The minimum absolute atomic E-state index is 0.288. The number of nitrogens with zero attached hydrogens (tertiary/aromatic N) is 5. The monoisotopic (exact) mass is 781 g/mol. The first-order valence-electron chi connectivity index (χ1n) is 18.8. The summed E-state index contributed by atoms with van der Waals surface area (Å²) in [6, 6.07) is 26.9. The number of hydrogen-bond acceptors (Lipinski definition) is 8. The van der Waals surface area contributed by atoms with Crippen molar-refractivity contribution in [1.82, 2.24) is 45.4 Å². The third-order valence-electron chi connectivity index (χ3n) is 10.3.